The largest absolute Gasteiger partial charge is 0.443 e. The molecule has 0 aliphatic carbocycles. The number of benzene rings is 2. The van der Waals surface area contributed by atoms with Crippen molar-refractivity contribution >= 4 is 34.6 Å². The lowest BCUT2D eigenvalue weighted by Gasteiger charge is -2.27. The molecule has 2 aromatic heterocycles. The normalized spacial score (nSPS) is 11.8. The fraction of sp³-hybridized carbons (Fsp3) is 0.389. The Morgan fingerprint density at radius 2 is 0.955 bits per heavy atom. The molecule has 0 bridgehead atoms. The first kappa shape index (κ1) is 32.5. The maximum Gasteiger partial charge on any atom is 0.416 e. The van der Waals surface area contributed by atoms with E-state index in [1.165, 1.54) is 0 Å². The molecule has 2 aromatic carbocycles. The van der Waals surface area contributed by atoms with E-state index in [0.29, 0.717) is 24.7 Å². The zero-order valence-electron chi connectivity index (χ0n) is 27.6. The second-order valence-electron chi connectivity index (χ2n) is 13.4. The van der Waals surface area contributed by atoms with Gasteiger partial charge >= 0.3 is 12.2 Å². The Balaban J connectivity index is 1.64. The van der Waals surface area contributed by atoms with Crippen LogP contribution in [0.3, 0.4) is 0 Å². The summed E-state index contributed by atoms with van der Waals surface area (Å²) in [5, 5.41) is 2.02. The highest BCUT2D eigenvalue weighted by Gasteiger charge is 2.26. The van der Waals surface area contributed by atoms with Crippen LogP contribution in [0.5, 0.6) is 0 Å². The van der Waals surface area contributed by atoms with E-state index in [-0.39, 0.29) is 0 Å². The first-order valence-corrected chi connectivity index (χ1v) is 14.9. The summed E-state index contributed by atoms with van der Waals surface area (Å²) in [6.07, 6.45) is -0.902. The Bertz CT molecular complexity index is 1520. The lowest BCUT2D eigenvalue weighted by Crippen LogP contribution is -2.37. The van der Waals surface area contributed by atoms with E-state index < -0.39 is 23.4 Å². The highest BCUT2D eigenvalue weighted by Crippen LogP contribution is 2.26. The van der Waals surface area contributed by atoms with Gasteiger partial charge in [0.25, 0.3) is 0 Å². The van der Waals surface area contributed by atoms with Crippen LogP contribution in [0.25, 0.3) is 10.8 Å². The molecule has 44 heavy (non-hydrogen) atoms. The van der Waals surface area contributed by atoms with Gasteiger partial charge < -0.3 is 9.47 Å². The van der Waals surface area contributed by atoms with Gasteiger partial charge in [0.05, 0.1) is 13.1 Å². The van der Waals surface area contributed by atoms with E-state index in [1.54, 1.807) is 9.80 Å². The summed E-state index contributed by atoms with van der Waals surface area (Å²) in [7, 11) is 0. The minimum Gasteiger partial charge on any atom is -0.443 e. The highest BCUT2D eigenvalue weighted by atomic mass is 16.6. The molecule has 232 valence electrons. The van der Waals surface area contributed by atoms with Crippen molar-refractivity contribution in [1.29, 1.82) is 0 Å². The van der Waals surface area contributed by atoms with E-state index >= 15 is 0 Å². The third kappa shape index (κ3) is 8.78. The molecule has 0 saturated heterocycles. The molecule has 2 amide bonds. The number of fused-ring (bicyclic) bond motifs is 1. The molecule has 0 atom stereocenters. The Hall–Kier alpha value is -4.46. The fourth-order valence-corrected chi connectivity index (χ4v) is 4.94. The van der Waals surface area contributed by atoms with Crippen LogP contribution in [0, 0.1) is 27.7 Å². The summed E-state index contributed by atoms with van der Waals surface area (Å²) in [6.45, 7) is 19.5. The van der Waals surface area contributed by atoms with E-state index in [4.69, 9.17) is 9.47 Å². The second kappa shape index (κ2) is 12.6. The molecule has 4 rings (SSSR count). The maximum atomic E-state index is 13.3. The smallest absolute Gasteiger partial charge is 0.416 e. The van der Waals surface area contributed by atoms with Crippen LogP contribution in [-0.2, 0) is 22.6 Å². The number of hydrogen-bond donors (Lipinski definition) is 0. The fourth-order valence-electron chi connectivity index (χ4n) is 4.94. The third-order valence-electron chi connectivity index (χ3n) is 6.60. The summed E-state index contributed by atoms with van der Waals surface area (Å²) in [5.41, 5.74) is 4.28. The van der Waals surface area contributed by atoms with Crippen molar-refractivity contribution in [3.05, 3.63) is 94.3 Å². The quantitative estimate of drug-likeness (QED) is 0.221. The van der Waals surface area contributed by atoms with E-state index in [0.717, 1.165) is 44.4 Å². The lowest BCUT2D eigenvalue weighted by atomic mass is 10.0. The van der Waals surface area contributed by atoms with Crippen LogP contribution in [0.2, 0.25) is 0 Å². The number of carbonyl (C=O) groups is 2. The van der Waals surface area contributed by atoms with E-state index in [2.05, 4.69) is 22.1 Å². The number of aryl methyl sites for hydroxylation is 4. The SMILES string of the molecule is Cc1cc(C)nc(N(Cc2ccc3cc(CN(C(=O)OC(C)(C)C)c4cc(C)cc(C)n4)ccc3c2)C(=O)OC(C)(C)C)c1. The van der Waals surface area contributed by atoms with Gasteiger partial charge in [-0.2, -0.15) is 0 Å². The van der Waals surface area contributed by atoms with Gasteiger partial charge in [-0.05, 0) is 139 Å². The lowest BCUT2D eigenvalue weighted by molar-refractivity contribution is 0.0565. The number of hydrogen-bond acceptors (Lipinski definition) is 6. The van der Waals surface area contributed by atoms with Crippen molar-refractivity contribution in [2.24, 2.45) is 0 Å². The Morgan fingerprint density at radius 3 is 1.27 bits per heavy atom. The number of anilines is 2. The zero-order chi connectivity index (χ0) is 32.4. The molecule has 0 saturated carbocycles. The van der Waals surface area contributed by atoms with Gasteiger partial charge in [-0.1, -0.05) is 24.3 Å². The molecule has 8 heteroatoms. The van der Waals surface area contributed by atoms with Crippen molar-refractivity contribution in [2.45, 2.75) is 93.5 Å². The molecule has 2 heterocycles. The molecular weight excluding hydrogens is 552 g/mol. The predicted molar refractivity (Wildman–Crippen MR) is 176 cm³/mol. The number of rotatable bonds is 6. The summed E-state index contributed by atoms with van der Waals surface area (Å²) in [4.78, 5) is 39.1. The van der Waals surface area contributed by atoms with Crippen molar-refractivity contribution in [2.75, 3.05) is 9.80 Å². The molecule has 0 aliphatic heterocycles. The Morgan fingerprint density at radius 1 is 0.591 bits per heavy atom. The van der Waals surface area contributed by atoms with Gasteiger partial charge in [-0.25, -0.2) is 19.6 Å². The molecule has 0 unspecified atom stereocenters. The van der Waals surface area contributed by atoms with Crippen LogP contribution in [-0.4, -0.2) is 33.4 Å². The molecule has 8 nitrogen and oxygen atoms in total. The zero-order valence-corrected chi connectivity index (χ0v) is 27.6. The van der Waals surface area contributed by atoms with Crippen LogP contribution < -0.4 is 9.80 Å². The first-order chi connectivity index (χ1) is 20.5. The minimum absolute atomic E-state index is 0.299. The maximum absolute atomic E-state index is 13.3. The highest BCUT2D eigenvalue weighted by molar-refractivity contribution is 5.89. The summed E-state index contributed by atoms with van der Waals surface area (Å²) < 4.78 is 11.5. The van der Waals surface area contributed by atoms with E-state index in [9.17, 15) is 9.59 Å². The van der Waals surface area contributed by atoms with Crippen LogP contribution in [0.15, 0.2) is 60.7 Å². The van der Waals surface area contributed by atoms with Gasteiger partial charge in [-0.15, -0.1) is 0 Å². The number of aromatic nitrogens is 2. The van der Waals surface area contributed by atoms with Crippen LogP contribution in [0.1, 0.15) is 75.2 Å². The van der Waals surface area contributed by atoms with Crippen LogP contribution >= 0.6 is 0 Å². The average Bonchev–Trinajstić information content (AvgIpc) is 2.87. The van der Waals surface area contributed by atoms with Crippen molar-refractivity contribution in [3.8, 4) is 0 Å². The molecule has 0 aliphatic rings. The van der Waals surface area contributed by atoms with Crippen molar-refractivity contribution in [3.63, 3.8) is 0 Å². The standard InChI is InChI=1S/C36H44N4O4/c1-23-15-25(3)37-31(17-23)39(33(41)43-35(5,6)7)21-27-11-13-30-20-28(12-14-29(30)19-27)22-40(34(42)44-36(8,9)10)32-18-24(2)16-26(4)38-32/h11-20H,21-22H2,1-10H3. The van der Waals surface area contributed by atoms with Gasteiger partial charge in [0, 0.05) is 11.4 Å². The summed E-state index contributed by atoms with van der Waals surface area (Å²) in [6, 6.07) is 19.9. The number of carbonyl (C=O) groups excluding carboxylic acids is 2. The number of ether oxygens (including phenoxy) is 2. The Kier molecular flexibility index (Phi) is 9.33. The first-order valence-electron chi connectivity index (χ1n) is 14.9. The molecule has 0 spiro atoms. The molecule has 0 N–H and O–H groups in total. The topological polar surface area (TPSA) is 84.9 Å². The van der Waals surface area contributed by atoms with E-state index in [1.807, 2.05) is 118 Å². The van der Waals surface area contributed by atoms with Gasteiger partial charge in [0.15, 0.2) is 0 Å². The van der Waals surface area contributed by atoms with Gasteiger partial charge in [0.2, 0.25) is 0 Å². The minimum atomic E-state index is -0.645. The summed E-state index contributed by atoms with van der Waals surface area (Å²) in [5.74, 6) is 1.10. The second-order valence-corrected chi connectivity index (χ2v) is 13.4. The van der Waals surface area contributed by atoms with Crippen molar-refractivity contribution in [1.82, 2.24) is 9.97 Å². The van der Waals surface area contributed by atoms with Gasteiger partial charge in [-0.3, -0.25) is 9.80 Å². The van der Waals surface area contributed by atoms with Gasteiger partial charge in [0.1, 0.15) is 22.8 Å². The third-order valence-corrected chi connectivity index (χ3v) is 6.60. The van der Waals surface area contributed by atoms with Crippen molar-refractivity contribution < 1.29 is 19.1 Å². The van der Waals surface area contributed by atoms with Crippen LogP contribution in [0.4, 0.5) is 21.2 Å². The summed E-state index contributed by atoms with van der Waals surface area (Å²) >= 11 is 0. The molecule has 0 fully saturated rings. The number of amides is 2. The molecular formula is C36H44N4O4. The average molecular weight is 597 g/mol. The molecule has 4 aromatic rings. The number of pyridine rings is 2. The Labute approximate surface area is 261 Å². The number of nitrogens with zero attached hydrogens (tertiary/aromatic N) is 4. The predicted octanol–water partition coefficient (Wildman–Crippen LogP) is 8.75. The monoisotopic (exact) mass is 596 g/mol. The molecule has 0 radical (unpaired) electrons.